The van der Waals surface area contributed by atoms with Crippen molar-refractivity contribution in [1.82, 2.24) is 0 Å². The van der Waals surface area contributed by atoms with Gasteiger partial charge in [0, 0.05) is 12.3 Å². The van der Waals surface area contributed by atoms with E-state index in [2.05, 4.69) is 0 Å². The van der Waals surface area contributed by atoms with E-state index in [1.165, 1.54) is 13.2 Å². The molecule has 0 bridgehead atoms. The van der Waals surface area contributed by atoms with Crippen LogP contribution in [0.15, 0.2) is 36.4 Å². The van der Waals surface area contributed by atoms with Gasteiger partial charge in [-0.05, 0) is 24.3 Å². The number of carbonyl (C=O) groups is 1. The Balaban J connectivity index is 2.44. The van der Waals surface area contributed by atoms with E-state index in [1.807, 2.05) is 19.6 Å². The highest BCUT2D eigenvalue weighted by molar-refractivity contribution is 6.90. The van der Waals surface area contributed by atoms with Gasteiger partial charge in [-0.3, -0.25) is 0 Å². The lowest BCUT2D eigenvalue weighted by Crippen LogP contribution is -2.40. The van der Waals surface area contributed by atoms with Gasteiger partial charge in [-0.15, -0.1) is 0 Å². The first-order chi connectivity index (χ1) is 11.8. The molecule has 0 aromatic heterocycles. The Kier molecular flexibility index (Phi) is 5.92. The van der Waals surface area contributed by atoms with Crippen LogP contribution < -0.4 is 14.7 Å². The molecule has 0 amide bonds. The molecule has 0 spiro atoms. The van der Waals surface area contributed by atoms with Gasteiger partial charge in [0.1, 0.15) is 28.7 Å². The van der Waals surface area contributed by atoms with Gasteiger partial charge < -0.3 is 14.2 Å². The fraction of sp³-hybridized carbons (Fsp3) is 0.278. The first kappa shape index (κ1) is 19.1. The van der Waals surface area contributed by atoms with Crippen molar-refractivity contribution in [3.8, 4) is 11.5 Å². The maximum Gasteiger partial charge on any atom is 0.349 e. The van der Waals surface area contributed by atoms with Crippen LogP contribution in [-0.2, 0) is 4.74 Å². The van der Waals surface area contributed by atoms with Crippen LogP contribution in [0, 0.1) is 11.6 Å². The smallest absolute Gasteiger partial charge is 0.349 e. The number of methoxy groups -OCH3 is 1. The van der Waals surface area contributed by atoms with E-state index in [9.17, 15) is 13.6 Å². The van der Waals surface area contributed by atoms with Crippen LogP contribution in [0.3, 0.4) is 0 Å². The van der Waals surface area contributed by atoms with Crippen molar-refractivity contribution < 1.29 is 27.8 Å². The summed E-state index contributed by atoms with van der Waals surface area (Å²) in [4.78, 5) is 12.3. The predicted octanol–water partition coefficient (Wildman–Crippen LogP) is 3.71. The van der Waals surface area contributed by atoms with Crippen LogP contribution in [0.25, 0.3) is 0 Å². The highest BCUT2D eigenvalue weighted by Crippen LogP contribution is 2.24. The van der Waals surface area contributed by atoms with Crippen molar-refractivity contribution in [2.24, 2.45) is 0 Å². The quantitative estimate of drug-likeness (QED) is 0.338. The maximum absolute atomic E-state index is 13.8. The number of ether oxygens (including phenoxy) is 3. The number of halogens is 2. The molecule has 2 aromatic rings. The van der Waals surface area contributed by atoms with Crippen molar-refractivity contribution in [3.05, 3.63) is 53.6 Å². The van der Waals surface area contributed by atoms with Gasteiger partial charge in [0.15, 0.2) is 6.79 Å². The summed E-state index contributed by atoms with van der Waals surface area (Å²) in [6.07, 6.45) is 0. The Morgan fingerprint density at radius 3 is 2.12 bits per heavy atom. The lowest BCUT2D eigenvalue weighted by atomic mass is 10.2. The van der Waals surface area contributed by atoms with E-state index in [0.717, 1.165) is 17.3 Å². The Morgan fingerprint density at radius 1 is 1.00 bits per heavy atom. The van der Waals surface area contributed by atoms with E-state index in [-0.39, 0.29) is 12.5 Å². The number of hydrogen-bond acceptors (Lipinski definition) is 4. The van der Waals surface area contributed by atoms with E-state index < -0.39 is 31.2 Å². The molecule has 7 heteroatoms. The van der Waals surface area contributed by atoms with E-state index >= 15 is 0 Å². The van der Waals surface area contributed by atoms with Gasteiger partial charge in [0.05, 0.1) is 8.07 Å². The van der Waals surface area contributed by atoms with Crippen LogP contribution in [0.2, 0.25) is 19.6 Å². The maximum atomic E-state index is 13.8. The van der Waals surface area contributed by atoms with Gasteiger partial charge in [-0.2, -0.15) is 0 Å². The molecule has 2 aromatic carbocycles. The monoisotopic (exact) mass is 366 g/mol. The minimum absolute atomic E-state index is 0.0385. The molecule has 0 atom stereocenters. The fourth-order valence-corrected chi connectivity index (χ4v) is 4.19. The summed E-state index contributed by atoms with van der Waals surface area (Å²) in [5.41, 5.74) is -0.716. The molecule has 0 aliphatic carbocycles. The Labute approximate surface area is 146 Å². The second-order valence-electron chi connectivity index (χ2n) is 6.42. The highest BCUT2D eigenvalue weighted by atomic mass is 28.3. The van der Waals surface area contributed by atoms with Crippen LogP contribution >= 0.6 is 0 Å². The molecule has 134 valence electrons. The van der Waals surface area contributed by atoms with Gasteiger partial charge >= 0.3 is 5.97 Å². The second-order valence-corrected chi connectivity index (χ2v) is 11.4. The Morgan fingerprint density at radius 2 is 1.56 bits per heavy atom. The lowest BCUT2D eigenvalue weighted by molar-refractivity contribution is 0.0516. The molecular weight excluding hydrogens is 346 g/mol. The molecule has 0 aliphatic heterocycles. The van der Waals surface area contributed by atoms with Crippen molar-refractivity contribution in [2.45, 2.75) is 19.6 Å². The van der Waals surface area contributed by atoms with Crippen molar-refractivity contribution in [3.63, 3.8) is 0 Å². The molecule has 0 fully saturated rings. The number of carbonyl (C=O) groups excluding carboxylic acids is 1. The molecular formula is C18H20F2O4Si. The SMILES string of the molecule is COCOc1cccc(OC(=O)c2c(F)cccc2F)c1[Si](C)(C)C. The summed E-state index contributed by atoms with van der Waals surface area (Å²) in [6.45, 7) is 6.17. The summed E-state index contributed by atoms with van der Waals surface area (Å²) in [5.74, 6) is -2.25. The van der Waals surface area contributed by atoms with Crippen LogP contribution in [0.5, 0.6) is 11.5 Å². The third-order valence-corrected chi connectivity index (χ3v) is 5.43. The van der Waals surface area contributed by atoms with E-state index in [4.69, 9.17) is 14.2 Å². The van der Waals surface area contributed by atoms with E-state index in [1.54, 1.807) is 18.2 Å². The highest BCUT2D eigenvalue weighted by Gasteiger charge is 2.28. The second kappa shape index (κ2) is 7.75. The van der Waals surface area contributed by atoms with Gasteiger partial charge in [-0.25, -0.2) is 13.6 Å². The number of hydrogen-bond donors (Lipinski definition) is 0. The summed E-state index contributed by atoms with van der Waals surface area (Å²) >= 11 is 0. The normalized spacial score (nSPS) is 11.3. The number of rotatable bonds is 6. The molecule has 0 unspecified atom stereocenters. The van der Waals surface area contributed by atoms with Crippen molar-refractivity contribution >= 4 is 19.2 Å². The summed E-state index contributed by atoms with van der Waals surface area (Å²) in [6, 6.07) is 8.19. The summed E-state index contributed by atoms with van der Waals surface area (Å²) in [5, 5.41) is 0.733. The standard InChI is InChI=1S/C18H20F2O4Si/c1-22-11-23-14-9-6-10-15(17(14)25(2,3)4)24-18(21)16-12(19)7-5-8-13(16)20/h5-10H,11H2,1-4H3. The van der Waals surface area contributed by atoms with Crippen molar-refractivity contribution in [1.29, 1.82) is 0 Å². The third kappa shape index (κ3) is 4.43. The minimum Gasteiger partial charge on any atom is -0.468 e. The van der Waals surface area contributed by atoms with Gasteiger partial charge in [0.25, 0.3) is 0 Å². The Hall–Kier alpha value is -2.25. The van der Waals surface area contributed by atoms with Crippen molar-refractivity contribution in [2.75, 3.05) is 13.9 Å². The minimum atomic E-state index is -2.01. The lowest BCUT2D eigenvalue weighted by Gasteiger charge is -2.23. The summed E-state index contributed by atoms with van der Waals surface area (Å²) < 4.78 is 43.4. The first-order valence-electron chi connectivity index (χ1n) is 7.67. The zero-order valence-corrected chi connectivity index (χ0v) is 15.6. The number of esters is 1. The summed E-state index contributed by atoms with van der Waals surface area (Å²) in [7, 11) is -0.514. The number of benzene rings is 2. The van der Waals surface area contributed by atoms with Gasteiger partial charge in [-0.1, -0.05) is 31.8 Å². The fourth-order valence-electron chi connectivity index (χ4n) is 2.42. The zero-order valence-electron chi connectivity index (χ0n) is 14.6. The molecule has 0 saturated carbocycles. The average molecular weight is 366 g/mol. The van der Waals surface area contributed by atoms with Crippen LogP contribution in [-0.4, -0.2) is 27.9 Å². The molecule has 25 heavy (non-hydrogen) atoms. The first-order valence-corrected chi connectivity index (χ1v) is 11.2. The molecule has 2 rings (SSSR count). The molecule has 0 radical (unpaired) electrons. The zero-order chi connectivity index (χ0) is 18.6. The van der Waals surface area contributed by atoms with Gasteiger partial charge in [0.2, 0.25) is 0 Å². The van der Waals surface area contributed by atoms with Crippen LogP contribution in [0.4, 0.5) is 8.78 Å². The van der Waals surface area contributed by atoms with Crippen LogP contribution in [0.1, 0.15) is 10.4 Å². The molecule has 0 heterocycles. The average Bonchev–Trinajstić information content (AvgIpc) is 2.51. The largest absolute Gasteiger partial charge is 0.468 e. The molecule has 0 N–H and O–H groups in total. The topological polar surface area (TPSA) is 44.8 Å². The third-order valence-electron chi connectivity index (χ3n) is 3.44. The van der Waals surface area contributed by atoms with E-state index in [0.29, 0.717) is 5.75 Å². The predicted molar refractivity (Wildman–Crippen MR) is 93.2 cm³/mol. The Bertz CT molecular complexity index is 752. The molecule has 0 saturated heterocycles. The molecule has 0 aliphatic rings. The molecule has 4 nitrogen and oxygen atoms in total.